The van der Waals surface area contributed by atoms with Crippen LogP contribution in [0.4, 0.5) is 18.0 Å². The molecule has 5 nitrogen and oxygen atoms in total. The molecule has 2 aromatic rings. The van der Waals surface area contributed by atoms with Crippen LogP contribution in [0.1, 0.15) is 38.3 Å². The Balaban J connectivity index is 1.59. The lowest BCUT2D eigenvalue weighted by Gasteiger charge is -2.24. The molecule has 0 unspecified atom stereocenters. The summed E-state index contributed by atoms with van der Waals surface area (Å²) in [6.07, 6.45) is 1.91. The number of fused-ring (bicyclic) bond motifs is 2. The summed E-state index contributed by atoms with van der Waals surface area (Å²) in [4.78, 5) is 18.0. The van der Waals surface area contributed by atoms with Crippen LogP contribution in [0.3, 0.4) is 0 Å². The molecule has 1 aliphatic heterocycles. The monoisotopic (exact) mass is 393 g/mol. The normalized spacial score (nSPS) is 22.5. The van der Waals surface area contributed by atoms with Gasteiger partial charge in [0, 0.05) is 24.8 Å². The molecule has 0 radical (unpaired) electrons. The molecule has 4 rings (SSSR count). The first kappa shape index (κ1) is 18.8. The Labute approximate surface area is 160 Å². The first-order valence-corrected chi connectivity index (χ1v) is 9.23. The number of ether oxygens (including phenoxy) is 1. The van der Waals surface area contributed by atoms with Crippen LogP contribution in [0.5, 0.6) is 0 Å². The molecule has 1 saturated heterocycles. The van der Waals surface area contributed by atoms with Gasteiger partial charge in [-0.1, -0.05) is 6.08 Å². The van der Waals surface area contributed by atoms with E-state index in [9.17, 15) is 18.0 Å². The zero-order valence-electron chi connectivity index (χ0n) is 16.0. The van der Waals surface area contributed by atoms with E-state index in [0.717, 1.165) is 11.8 Å². The number of hydrogen-bond acceptors (Lipinski definition) is 3. The van der Waals surface area contributed by atoms with E-state index in [4.69, 9.17) is 4.74 Å². The molecule has 1 amide bonds. The van der Waals surface area contributed by atoms with Gasteiger partial charge in [0.25, 0.3) is 0 Å². The van der Waals surface area contributed by atoms with Crippen LogP contribution in [-0.4, -0.2) is 39.1 Å². The van der Waals surface area contributed by atoms with Crippen LogP contribution in [0.2, 0.25) is 0 Å². The Bertz CT molecular complexity index is 956. The van der Waals surface area contributed by atoms with Gasteiger partial charge < -0.3 is 14.0 Å². The predicted molar refractivity (Wildman–Crippen MR) is 97.6 cm³/mol. The molecule has 0 aromatic carbocycles. The zero-order valence-corrected chi connectivity index (χ0v) is 16.0. The number of carbonyl (C=O) groups is 1. The number of aromatic nitrogens is 2. The molecule has 3 heterocycles. The van der Waals surface area contributed by atoms with E-state index >= 15 is 0 Å². The van der Waals surface area contributed by atoms with Crippen molar-refractivity contribution < 1.29 is 22.7 Å². The largest absolute Gasteiger partial charge is 0.444 e. The summed E-state index contributed by atoms with van der Waals surface area (Å²) < 4.78 is 46.7. The Hall–Kier alpha value is -2.51. The van der Waals surface area contributed by atoms with Gasteiger partial charge in [-0.15, -0.1) is 0 Å². The summed E-state index contributed by atoms with van der Waals surface area (Å²) >= 11 is 0. The highest BCUT2D eigenvalue weighted by atomic mass is 19.4. The fourth-order valence-corrected chi connectivity index (χ4v) is 4.03. The molecule has 0 N–H and O–H groups in total. The quantitative estimate of drug-likeness (QED) is 0.710. The maximum atomic E-state index is 13.3. The van der Waals surface area contributed by atoms with E-state index < -0.39 is 17.3 Å². The SMILES string of the molecule is CC(C)(C)OC(=O)N1C[C@H]2CC(c3cc(C(F)(F)F)cn4cncc34)=C[C@H]2C1. The van der Waals surface area contributed by atoms with E-state index in [2.05, 4.69) is 4.98 Å². The highest BCUT2D eigenvalue weighted by Crippen LogP contribution is 2.43. The standard InChI is InChI=1S/C20H22F3N3O2/c1-19(2,3)28-18(27)25-8-13-4-12(5-14(13)9-25)16-6-15(20(21,22)23)10-26-11-24-7-17(16)26/h4,6-7,10-11,13-14H,5,8-9H2,1-3H3/t13-,14+/m0/s1. The van der Waals surface area contributed by atoms with Crippen molar-refractivity contribution in [1.29, 1.82) is 0 Å². The van der Waals surface area contributed by atoms with Crippen LogP contribution in [0.15, 0.2) is 30.9 Å². The third-order valence-electron chi connectivity index (χ3n) is 5.23. The fraction of sp³-hybridized carbons (Fsp3) is 0.500. The van der Waals surface area contributed by atoms with E-state index in [0.29, 0.717) is 30.6 Å². The Morgan fingerprint density at radius 2 is 2.00 bits per heavy atom. The highest BCUT2D eigenvalue weighted by Gasteiger charge is 2.40. The molecular formula is C20H22F3N3O2. The summed E-state index contributed by atoms with van der Waals surface area (Å²) in [7, 11) is 0. The van der Waals surface area contributed by atoms with E-state index in [1.54, 1.807) is 11.1 Å². The van der Waals surface area contributed by atoms with E-state index in [-0.39, 0.29) is 17.9 Å². The molecule has 8 heteroatoms. The predicted octanol–water partition coefficient (Wildman–Crippen LogP) is 4.62. The number of allylic oxidation sites excluding steroid dienone is 1. The fourth-order valence-electron chi connectivity index (χ4n) is 4.03. The van der Waals surface area contributed by atoms with Gasteiger partial charge in [0.2, 0.25) is 0 Å². The van der Waals surface area contributed by atoms with Crippen molar-refractivity contribution in [3.8, 4) is 0 Å². The molecular weight excluding hydrogens is 371 g/mol. The van der Waals surface area contributed by atoms with Crippen LogP contribution in [-0.2, 0) is 10.9 Å². The van der Waals surface area contributed by atoms with Crippen molar-refractivity contribution in [2.24, 2.45) is 11.8 Å². The molecule has 1 aliphatic carbocycles. The van der Waals surface area contributed by atoms with Gasteiger partial charge in [0.05, 0.1) is 23.6 Å². The first-order valence-electron chi connectivity index (χ1n) is 9.23. The number of hydrogen-bond donors (Lipinski definition) is 0. The minimum absolute atomic E-state index is 0.125. The lowest BCUT2D eigenvalue weighted by atomic mass is 9.98. The van der Waals surface area contributed by atoms with E-state index in [1.165, 1.54) is 16.8 Å². The maximum absolute atomic E-state index is 13.3. The number of rotatable bonds is 1. The van der Waals surface area contributed by atoms with E-state index in [1.807, 2.05) is 26.8 Å². The number of halogens is 3. The van der Waals surface area contributed by atoms with Crippen molar-refractivity contribution >= 4 is 17.2 Å². The second-order valence-corrected chi connectivity index (χ2v) is 8.53. The number of pyridine rings is 1. The molecule has 150 valence electrons. The van der Waals surface area contributed by atoms with Crippen molar-refractivity contribution in [2.45, 2.75) is 39.0 Å². The smallest absolute Gasteiger partial charge is 0.417 e. The van der Waals surface area contributed by atoms with Crippen molar-refractivity contribution in [1.82, 2.24) is 14.3 Å². The number of carbonyl (C=O) groups excluding carboxylic acids is 1. The van der Waals surface area contributed by atoms with Gasteiger partial charge in [-0.25, -0.2) is 9.78 Å². The topological polar surface area (TPSA) is 46.8 Å². The maximum Gasteiger partial charge on any atom is 0.417 e. The Morgan fingerprint density at radius 1 is 1.25 bits per heavy atom. The third-order valence-corrected chi connectivity index (χ3v) is 5.23. The van der Waals surface area contributed by atoms with Gasteiger partial charge >= 0.3 is 12.3 Å². The Kier molecular flexibility index (Phi) is 4.21. The number of imidazole rings is 1. The second kappa shape index (κ2) is 6.25. The van der Waals surface area contributed by atoms with Crippen LogP contribution in [0, 0.1) is 11.8 Å². The van der Waals surface area contributed by atoms with Gasteiger partial charge in [0.15, 0.2) is 0 Å². The molecule has 2 aliphatic rings. The van der Waals surface area contributed by atoms with Crippen molar-refractivity contribution in [3.63, 3.8) is 0 Å². The summed E-state index contributed by atoms with van der Waals surface area (Å²) in [5, 5.41) is 0. The second-order valence-electron chi connectivity index (χ2n) is 8.53. The number of alkyl halides is 3. The highest BCUT2D eigenvalue weighted by molar-refractivity contribution is 5.80. The summed E-state index contributed by atoms with van der Waals surface area (Å²) in [5.74, 6) is 0.320. The summed E-state index contributed by atoms with van der Waals surface area (Å²) in [6, 6.07) is 1.20. The zero-order chi connectivity index (χ0) is 20.3. The van der Waals surface area contributed by atoms with Crippen molar-refractivity contribution in [2.75, 3.05) is 13.1 Å². The summed E-state index contributed by atoms with van der Waals surface area (Å²) in [6.45, 7) is 6.55. The molecule has 28 heavy (non-hydrogen) atoms. The van der Waals surface area contributed by atoms with Gasteiger partial charge in [0.1, 0.15) is 5.60 Å². The third kappa shape index (κ3) is 3.47. The van der Waals surface area contributed by atoms with Crippen LogP contribution in [0.25, 0.3) is 11.1 Å². The number of likely N-dealkylation sites (tertiary alicyclic amines) is 1. The van der Waals surface area contributed by atoms with Gasteiger partial charge in [-0.3, -0.25) is 0 Å². The molecule has 2 atom stereocenters. The van der Waals surface area contributed by atoms with Crippen molar-refractivity contribution in [3.05, 3.63) is 42.0 Å². The minimum Gasteiger partial charge on any atom is -0.444 e. The minimum atomic E-state index is -4.42. The molecule has 2 aromatic heterocycles. The molecule has 0 saturated carbocycles. The Morgan fingerprint density at radius 3 is 2.64 bits per heavy atom. The van der Waals surface area contributed by atoms with Gasteiger partial charge in [-0.2, -0.15) is 13.2 Å². The van der Waals surface area contributed by atoms with Gasteiger partial charge in [-0.05, 0) is 50.7 Å². The average Bonchev–Trinajstić information content (AvgIpc) is 3.25. The molecule has 0 bridgehead atoms. The lowest BCUT2D eigenvalue weighted by molar-refractivity contribution is -0.137. The summed E-state index contributed by atoms with van der Waals surface area (Å²) in [5.41, 5.74) is 0.854. The molecule has 1 fully saturated rings. The number of amides is 1. The number of nitrogens with zero attached hydrogens (tertiary/aromatic N) is 3. The van der Waals surface area contributed by atoms with Crippen LogP contribution >= 0.6 is 0 Å². The molecule has 0 spiro atoms. The average molecular weight is 393 g/mol. The first-order chi connectivity index (χ1) is 13.0. The van der Waals surface area contributed by atoms with Crippen LogP contribution < -0.4 is 0 Å². The lowest BCUT2D eigenvalue weighted by Crippen LogP contribution is -2.35.